The average molecular weight is 484 g/mol. The first-order valence-electron chi connectivity index (χ1n) is 10.8. The van der Waals surface area contributed by atoms with Gasteiger partial charge in [0.1, 0.15) is 5.70 Å². The van der Waals surface area contributed by atoms with Gasteiger partial charge in [0.05, 0.1) is 25.4 Å². The van der Waals surface area contributed by atoms with Gasteiger partial charge in [-0.15, -0.1) is 0 Å². The molecule has 182 valence electrons. The minimum Gasteiger partial charge on any atom is -0.465 e. The van der Waals surface area contributed by atoms with Crippen LogP contribution in [0.15, 0.2) is 78.2 Å². The number of hydrogen-bond acceptors (Lipinski definition) is 6. The van der Waals surface area contributed by atoms with Gasteiger partial charge in [0.25, 0.3) is 0 Å². The first-order chi connectivity index (χ1) is 16.7. The molecule has 0 fully saturated rings. The van der Waals surface area contributed by atoms with Crippen LogP contribution in [0.2, 0.25) is 0 Å². The SMILES string of the molecule is COC(=O)C1=C(C(=O)OC)N(c2ccc(N3CCc4ccccc4C3)c(C(F)(F)F)c2)C=CC=C1. The van der Waals surface area contributed by atoms with Gasteiger partial charge in [0.15, 0.2) is 0 Å². The molecule has 0 saturated heterocycles. The molecule has 0 atom stereocenters. The molecule has 2 aromatic carbocycles. The second-order valence-corrected chi connectivity index (χ2v) is 7.96. The fourth-order valence-corrected chi connectivity index (χ4v) is 4.24. The maximum atomic E-state index is 14.3. The molecule has 2 heterocycles. The Morgan fingerprint density at radius 2 is 1.66 bits per heavy atom. The maximum absolute atomic E-state index is 14.3. The van der Waals surface area contributed by atoms with Crippen molar-refractivity contribution in [3.05, 3.63) is 94.9 Å². The average Bonchev–Trinajstić information content (AvgIpc) is 3.09. The number of alkyl halides is 3. The number of ether oxygens (including phenoxy) is 2. The standard InChI is InChI=1S/C26H23F3N2O4/c1-34-24(32)20-9-5-6-13-31(23(20)25(33)35-2)19-10-11-22(21(15-19)26(27,28)29)30-14-12-17-7-3-4-8-18(17)16-30/h3-11,13,15H,12,14,16H2,1-2H3. The lowest BCUT2D eigenvalue weighted by Gasteiger charge is -2.33. The molecule has 2 aliphatic heterocycles. The molecule has 2 aromatic rings. The largest absolute Gasteiger partial charge is 0.465 e. The van der Waals surface area contributed by atoms with Crippen LogP contribution in [0, 0.1) is 0 Å². The second-order valence-electron chi connectivity index (χ2n) is 7.96. The lowest BCUT2D eigenvalue weighted by Crippen LogP contribution is -2.32. The Morgan fingerprint density at radius 3 is 2.34 bits per heavy atom. The van der Waals surface area contributed by atoms with E-state index < -0.39 is 23.7 Å². The molecule has 0 radical (unpaired) electrons. The number of nitrogens with zero attached hydrogens (tertiary/aromatic N) is 2. The summed E-state index contributed by atoms with van der Waals surface area (Å²) in [6, 6.07) is 11.5. The van der Waals surface area contributed by atoms with Crippen molar-refractivity contribution in [2.45, 2.75) is 19.1 Å². The highest BCUT2D eigenvalue weighted by Crippen LogP contribution is 2.41. The monoisotopic (exact) mass is 484 g/mol. The summed E-state index contributed by atoms with van der Waals surface area (Å²) in [5.74, 6) is -1.72. The van der Waals surface area contributed by atoms with Crippen molar-refractivity contribution < 1.29 is 32.2 Å². The van der Waals surface area contributed by atoms with Gasteiger partial charge in [-0.25, -0.2) is 9.59 Å². The van der Waals surface area contributed by atoms with Crippen LogP contribution in [0.4, 0.5) is 24.5 Å². The van der Waals surface area contributed by atoms with Gasteiger partial charge >= 0.3 is 18.1 Å². The summed E-state index contributed by atoms with van der Waals surface area (Å²) >= 11 is 0. The molecule has 9 heteroatoms. The Labute approximate surface area is 200 Å². The number of benzene rings is 2. The van der Waals surface area contributed by atoms with E-state index >= 15 is 0 Å². The highest BCUT2D eigenvalue weighted by Gasteiger charge is 2.37. The van der Waals surface area contributed by atoms with Crippen LogP contribution < -0.4 is 9.80 Å². The van der Waals surface area contributed by atoms with E-state index in [0.717, 1.165) is 31.4 Å². The molecule has 6 nitrogen and oxygen atoms in total. The van der Waals surface area contributed by atoms with Gasteiger partial charge in [-0.1, -0.05) is 30.3 Å². The van der Waals surface area contributed by atoms with Crippen molar-refractivity contribution in [2.75, 3.05) is 30.6 Å². The fourth-order valence-electron chi connectivity index (χ4n) is 4.24. The van der Waals surface area contributed by atoms with E-state index in [1.54, 1.807) is 4.90 Å². The molecule has 0 aliphatic carbocycles. The van der Waals surface area contributed by atoms with E-state index in [1.165, 1.54) is 41.5 Å². The van der Waals surface area contributed by atoms with Crippen molar-refractivity contribution in [2.24, 2.45) is 0 Å². The molecule has 0 aromatic heterocycles. The molecule has 4 rings (SSSR count). The van der Waals surface area contributed by atoms with E-state index in [0.29, 0.717) is 19.5 Å². The van der Waals surface area contributed by atoms with E-state index in [2.05, 4.69) is 0 Å². The molecule has 0 saturated carbocycles. The zero-order valence-electron chi connectivity index (χ0n) is 19.1. The van der Waals surface area contributed by atoms with E-state index in [9.17, 15) is 22.8 Å². The predicted molar refractivity (Wildman–Crippen MR) is 124 cm³/mol. The zero-order valence-corrected chi connectivity index (χ0v) is 19.1. The molecule has 0 N–H and O–H groups in total. The summed E-state index contributed by atoms with van der Waals surface area (Å²) < 4.78 is 52.4. The Hall–Kier alpha value is -4.01. The van der Waals surface area contributed by atoms with Crippen molar-refractivity contribution in [1.29, 1.82) is 0 Å². The Morgan fingerprint density at radius 1 is 0.943 bits per heavy atom. The Kier molecular flexibility index (Phi) is 6.68. The number of esters is 2. The number of carbonyl (C=O) groups is 2. The van der Waals surface area contributed by atoms with Gasteiger partial charge in [0, 0.05) is 30.7 Å². The quantitative estimate of drug-likeness (QED) is 0.584. The minimum absolute atomic E-state index is 0.0419. The number of carbonyl (C=O) groups excluding carboxylic acids is 2. The minimum atomic E-state index is -4.66. The number of allylic oxidation sites excluding steroid dienone is 2. The second kappa shape index (κ2) is 9.69. The Bertz CT molecular complexity index is 1250. The van der Waals surface area contributed by atoms with Crippen LogP contribution in [-0.4, -0.2) is 32.7 Å². The molecule has 0 amide bonds. The maximum Gasteiger partial charge on any atom is 0.418 e. The molecular formula is C26H23F3N2O4. The molecule has 0 spiro atoms. The summed E-state index contributed by atoms with van der Waals surface area (Å²) in [4.78, 5) is 27.9. The third-order valence-corrected chi connectivity index (χ3v) is 5.92. The number of rotatable bonds is 4. The predicted octanol–water partition coefficient (Wildman–Crippen LogP) is 4.76. The van der Waals surface area contributed by atoms with Gasteiger partial charge in [-0.3, -0.25) is 0 Å². The highest BCUT2D eigenvalue weighted by atomic mass is 19.4. The van der Waals surface area contributed by atoms with Crippen LogP contribution >= 0.6 is 0 Å². The first-order valence-corrected chi connectivity index (χ1v) is 10.8. The lowest BCUT2D eigenvalue weighted by molar-refractivity contribution is -0.139. The van der Waals surface area contributed by atoms with Crippen LogP contribution in [0.25, 0.3) is 0 Å². The molecule has 35 heavy (non-hydrogen) atoms. The number of fused-ring (bicyclic) bond motifs is 1. The molecule has 0 unspecified atom stereocenters. The summed E-state index contributed by atoms with van der Waals surface area (Å²) in [6.07, 6.45) is 1.70. The van der Waals surface area contributed by atoms with E-state index in [-0.39, 0.29) is 22.6 Å². The van der Waals surface area contributed by atoms with Crippen LogP contribution in [-0.2, 0) is 38.2 Å². The number of methoxy groups -OCH3 is 2. The van der Waals surface area contributed by atoms with Crippen LogP contribution in [0.5, 0.6) is 0 Å². The molecular weight excluding hydrogens is 461 g/mol. The number of anilines is 2. The van der Waals surface area contributed by atoms with Crippen molar-refractivity contribution in [1.82, 2.24) is 0 Å². The highest BCUT2D eigenvalue weighted by molar-refractivity contribution is 6.05. The lowest BCUT2D eigenvalue weighted by atomic mass is 9.98. The molecule has 2 aliphatic rings. The first kappa shape index (κ1) is 24.1. The smallest absolute Gasteiger partial charge is 0.418 e. The van der Waals surface area contributed by atoms with Gasteiger partial charge < -0.3 is 19.3 Å². The summed E-state index contributed by atoms with van der Waals surface area (Å²) in [6.45, 7) is 0.790. The third kappa shape index (κ3) is 4.80. The van der Waals surface area contributed by atoms with Gasteiger partial charge in [-0.05, 0) is 47.9 Å². The normalized spacial score (nSPS) is 15.6. The van der Waals surface area contributed by atoms with Crippen molar-refractivity contribution in [3.63, 3.8) is 0 Å². The summed E-state index contributed by atoms with van der Waals surface area (Å²) in [5, 5.41) is 0. The number of hydrogen-bond donors (Lipinski definition) is 0. The van der Waals surface area contributed by atoms with Crippen molar-refractivity contribution in [3.8, 4) is 0 Å². The number of halogens is 3. The van der Waals surface area contributed by atoms with E-state index in [4.69, 9.17) is 9.47 Å². The Balaban J connectivity index is 1.81. The third-order valence-electron chi connectivity index (χ3n) is 5.92. The van der Waals surface area contributed by atoms with Crippen LogP contribution in [0.3, 0.4) is 0 Å². The van der Waals surface area contributed by atoms with Gasteiger partial charge in [-0.2, -0.15) is 13.2 Å². The topological polar surface area (TPSA) is 59.1 Å². The van der Waals surface area contributed by atoms with Crippen molar-refractivity contribution >= 4 is 23.3 Å². The van der Waals surface area contributed by atoms with Crippen LogP contribution in [0.1, 0.15) is 16.7 Å². The zero-order chi connectivity index (χ0) is 25.2. The van der Waals surface area contributed by atoms with Gasteiger partial charge in [0.2, 0.25) is 0 Å². The summed E-state index contributed by atoms with van der Waals surface area (Å²) in [7, 11) is 2.27. The molecule has 0 bridgehead atoms. The summed E-state index contributed by atoms with van der Waals surface area (Å²) in [5.41, 5.74) is 0.954. The fraction of sp³-hybridized carbons (Fsp3) is 0.231. The van der Waals surface area contributed by atoms with E-state index in [1.807, 2.05) is 24.3 Å².